The van der Waals surface area contributed by atoms with Crippen molar-refractivity contribution in [3.05, 3.63) is 16.1 Å². The molecule has 146 valence electrons. The Bertz CT molecular complexity index is 584. The number of guanidine groups is 1. The van der Waals surface area contributed by atoms with Gasteiger partial charge in [0, 0.05) is 64.3 Å². The van der Waals surface area contributed by atoms with E-state index in [0.29, 0.717) is 5.96 Å². The highest BCUT2D eigenvalue weighted by molar-refractivity contribution is 7.11. The third-order valence-corrected chi connectivity index (χ3v) is 4.97. The summed E-state index contributed by atoms with van der Waals surface area (Å²) in [4.78, 5) is 25.7. The van der Waals surface area contributed by atoms with Crippen molar-refractivity contribution in [3.8, 4) is 0 Å². The highest BCUT2D eigenvalue weighted by atomic mass is 32.1. The lowest BCUT2D eigenvalue weighted by Crippen LogP contribution is -2.45. The molecule has 1 saturated heterocycles. The number of aromatic nitrogens is 1. The number of likely N-dealkylation sites (N-methyl/N-ethyl adjacent to an activating group) is 1. The van der Waals surface area contributed by atoms with E-state index < -0.39 is 0 Å². The number of amides is 1. The molecule has 2 rings (SSSR count). The fourth-order valence-electron chi connectivity index (χ4n) is 2.42. The Balaban J connectivity index is 1.79. The number of carbonyl (C=O) groups excluding carboxylic acids is 1. The van der Waals surface area contributed by atoms with Crippen LogP contribution in [-0.2, 0) is 16.0 Å². The number of hydrogen-bond acceptors (Lipinski definition) is 6. The highest BCUT2D eigenvalue weighted by Gasteiger charge is 2.10. The average molecular weight is 383 g/mol. The molecule has 0 unspecified atom stereocenters. The third kappa shape index (κ3) is 7.67. The molecule has 0 saturated carbocycles. The largest absolute Gasteiger partial charge is 0.379 e. The summed E-state index contributed by atoms with van der Waals surface area (Å²) in [5.41, 5.74) is 0. The quantitative estimate of drug-likeness (QED) is 0.485. The van der Waals surface area contributed by atoms with Crippen LogP contribution in [0, 0.1) is 6.92 Å². The Labute approximate surface area is 159 Å². The zero-order chi connectivity index (χ0) is 18.8. The molecule has 8 nitrogen and oxygen atoms in total. The van der Waals surface area contributed by atoms with E-state index in [0.717, 1.165) is 57.4 Å². The van der Waals surface area contributed by atoms with Gasteiger partial charge in [0.15, 0.2) is 5.96 Å². The van der Waals surface area contributed by atoms with E-state index in [1.807, 2.05) is 6.20 Å². The van der Waals surface area contributed by atoms with E-state index in [1.165, 1.54) is 4.88 Å². The minimum atomic E-state index is -0.0187. The maximum atomic E-state index is 11.8. The zero-order valence-electron chi connectivity index (χ0n) is 16.0. The molecule has 1 fully saturated rings. The fourth-order valence-corrected chi connectivity index (χ4v) is 3.21. The van der Waals surface area contributed by atoms with Crippen LogP contribution in [0.2, 0.25) is 0 Å². The number of ether oxygens (including phenoxy) is 1. The van der Waals surface area contributed by atoms with Crippen LogP contribution < -0.4 is 10.6 Å². The molecule has 9 heteroatoms. The summed E-state index contributed by atoms with van der Waals surface area (Å²) in [5, 5.41) is 7.73. The summed E-state index contributed by atoms with van der Waals surface area (Å²) in [6.45, 7) is 8.14. The van der Waals surface area contributed by atoms with Gasteiger partial charge >= 0.3 is 0 Å². The monoisotopic (exact) mass is 382 g/mol. The van der Waals surface area contributed by atoms with Gasteiger partial charge in [-0.25, -0.2) is 9.98 Å². The van der Waals surface area contributed by atoms with Gasteiger partial charge in [-0.15, -0.1) is 11.3 Å². The summed E-state index contributed by atoms with van der Waals surface area (Å²) < 4.78 is 5.37. The molecule has 1 aromatic heterocycles. The van der Waals surface area contributed by atoms with Crippen LogP contribution in [0.1, 0.15) is 9.88 Å². The van der Waals surface area contributed by atoms with Crippen molar-refractivity contribution in [3.63, 3.8) is 0 Å². The number of rotatable bonds is 8. The van der Waals surface area contributed by atoms with Gasteiger partial charge in [0.2, 0.25) is 5.91 Å². The van der Waals surface area contributed by atoms with Crippen LogP contribution in [-0.4, -0.2) is 93.2 Å². The van der Waals surface area contributed by atoms with Crippen molar-refractivity contribution in [2.24, 2.45) is 4.99 Å². The van der Waals surface area contributed by atoms with Gasteiger partial charge < -0.3 is 20.3 Å². The summed E-state index contributed by atoms with van der Waals surface area (Å²) in [7, 11) is 3.48. The highest BCUT2D eigenvalue weighted by Crippen LogP contribution is 2.10. The lowest BCUT2D eigenvalue weighted by atomic mass is 10.4. The van der Waals surface area contributed by atoms with Crippen molar-refractivity contribution in [2.45, 2.75) is 13.3 Å². The van der Waals surface area contributed by atoms with Crippen LogP contribution in [0.25, 0.3) is 0 Å². The van der Waals surface area contributed by atoms with Crippen molar-refractivity contribution in [2.75, 3.05) is 66.6 Å². The molecule has 2 N–H and O–H groups in total. The summed E-state index contributed by atoms with van der Waals surface area (Å²) in [6, 6.07) is 0. The molecule has 0 spiro atoms. The van der Waals surface area contributed by atoms with E-state index in [2.05, 4.69) is 32.4 Å². The molecule has 1 aromatic rings. The van der Waals surface area contributed by atoms with Crippen LogP contribution in [0.15, 0.2) is 11.2 Å². The molecule has 1 amide bonds. The molecule has 0 atom stereocenters. The van der Waals surface area contributed by atoms with E-state index in [9.17, 15) is 4.79 Å². The summed E-state index contributed by atoms with van der Waals surface area (Å²) >= 11 is 1.71. The van der Waals surface area contributed by atoms with Crippen LogP contribution in [0.3, 0.4) is 0 Å². The second-order valence-electron chi connectivity index (χ2n) is 6.38. The van der Waals surface area contributed by atoms with Crippen molar-refractivity contribution >= 4 is 23.2 Å². The Morgan fingerprint density at radius 2 is 2.08 bits per heavy atom. The predicted octanol–water partition coefficient (Wildman–Crippen LogP) is -0.0504. The van der Waals surface area contributed by atoms with Crippen molar-refractivity contribution in [1.29, 1.82) is 0 Å². The van der Waals surface area contributed by atoms with Gasteiger partial charge in [-0.05, 0) is 6.92 Å². The van der Waals surface area contributed by atoms with Crippen LogP contribution in [0.4, 0.5) is 0 Å². The Morgan fingerprint density at radius 3 is 2.73 bits per heavy atom. The van der Waals surface area contributed by atoms with E-state index in [4.69, 9.17) is 4.74 Å². The lowest BCUT2D eigenvalue weighted by molar-refractivity contribution is -0.127. The maximum Gasteiger partial charge on any atom is 0.243 e. The first kappa shape index (κ1) is 20.6. The first-order valence-electron chi connectivity index (χ1n) is 8.98. The van der Waals surface area contributed by atoms with E-state index in [-0.39, 0.29) is 12.5 Å². The van der Waals surface area contributed by atoms with Crippen LogP contribution >= 0.6 is 11.3 Å². The van der Waals surface area contributed by atoms with Gasteiger partial charge in [0.25, 0.3) is 0 Å². The van der Waals surface area contributed by atoms with Gasteiger partial charge in [-0.1, -0.05) is 0 Å². The van der Waals surface area contributed by atoms with Gasteiger partial charge in [-0.2, -0.15) is 0 Å². The van der Waals surface area contributed by atoms with Crippen LogP contribution in [0.5, 0.6) is 0 Å². The summed E-state index contributed by atoms with van der Waals surface area (Å²) in [5.74, 6) is 0.650. The van der Waals surface area contributed by atoms with Crippen molar-refractivity contribution < 1.29 is 9.53 Å². The fraction of sp³-hybridized carbons (Fsp3) is 0.706. The van der Waals surface area contributed by atoms with Crippen molar-refractivity contribution in [1.82, 2.24) is 25.4 Å². The van der Waals surface area contributed by atoms with Gasteiger partial charge in [0.05, 0.1) is 18.2 Å². The number of nitrogens with one attached hydrogen (secondary N) is 2. The molecule has 2 heterocycles. The number of thiazole rings is 1. The first-order valence-corrected chi connectivity index (χ1v) is 9.80. The molecule has 0 aliphatic carbocycles. The number of carbonyl (C=O) groups is 1. The lowest BCUT2D eigenvalue weighted by Gasteiger charge is -2.26. The molecule has 1 aliphatic heterocycles. The number of nitrogens with zero attached hydrogens (tertiary/aromatic N) is 4. The number of morpholine rings is 1. The molecule has 1 aliphatic rings. The average Bonchev–Trinajstić information content (AvgIpc) is 3.05. The Hall–Kier alpha value is -1.71. The number of aryl methyl sites for hydroxylation is 1. The second kappa shape index (κ2) is 11.1. The smallest absolute Gasteiger partial charge is 0.243 e. The number of hydrogen-bond donors (Lipinski definition) is 2. The SMILES string of the molecule is Cc1cnc(CCNC(=NCC(=O)N(C)C)NCCN2CCOCC2)s1. The molecule has 26 heavy (non-hydrogen) atoms. The Morgan fingerprint density at radius 1 is 1.35 bits per heavy atom. The van der Waals surface area contributed by atoms with Gasteiger partial charge in [-0.3, -0.25) is 9.69 Å². The second-order valence-corrected chi connectivity index (χ2v) is 7.69. The number of aliphatic imine (C=N–C) groups is 1. The van der Waals surface area contributed by atoms with E-state index >= 15 is 0 Å². The zero-order valence-corrected chi connectivity index (χ0v) is 16.8. The third-order valence-electron chi connectivity index (χ3n) is 4.00. The molecule has 0 aromatic carbocycles. The van der Waals surface area contributed by atoms with E-state index in [1.54, 1.807) is 30.3 Å². The summed E-state index contributed by atoms with van der Waals surface area (Å²) in [6.07, 6.45) is 2.73. The Kier molecular flexibility index (Phi) is 8.79. The maximum absolute atomic E-state index is 11.8. The molecule has 0 radical (unpaired) electrons. The normalized spacial score (nSPS) is 15.7. The minimum Gasteiger partial charge on any atom is -0.379 e. The topological polar surface area (TPSA) is 82.1 Å². The van der Waals surface area contributed by atoms with Gasteiger partial charge in [0.1, 0.15) is 6.54 Å². The first-order chi connectivity index (χ1) is 12.5. The molecular weight excluding hydrogens is 352 g/mol. The standard InChI is InChI=1S/C17H30N6O2S/c1-14-12-20-15(26-14)4-5-18-17(21-13-16(24)22(2)3)19-6-7-23-8-10-25-11-9-23/h12H,4-11,13H2,1-3H3,(H2,18,19,21). The molecule has 0 bridgehead atoms. The predicted molar refractivity (Wildman–Crippen MR) is 105 cm³/mol. The minimum absolute atomic E-state index is 0.0187. The molecular formula is C17H30N6O2S.